The summed E-state index contributed by atoms with van der Waals surface area (Å²) in [5.74, 6) is 2.47. The molecule has 0 fully saturated rings. The molecular weight excluding hydrogens is 326 g/mol. The Labute approximate surface area is 155 Å². The van der Waals surface area contributed by atoms with Gasteiger partial charge in [-0.15, -0.1) is 0 Å². The number of hydrogen-bond donors (Lipinski definition) is 1. The van der Waals surface area contributed by atoms with E-state index in [0.717, 1.165) is 42.3 Å². The van der Waals surface area contributed by atoms with Crippen molar-refractivity contribution in [2.45, 2.75) is 25.9 Å². The van der Waals surface area contributed by atoms with Crippen LogP contribution in [0.1, 0.15) is 23.6 Å². The molecule has 0 aliphatic carbocycles. The van der Waals surface area contributed by atoms with Gasteiger partial charge in [-0.3, -0.25) is 0 Å². The van der Waals surface area contributed by atoms with Crippen LogP contribution < -0.4 is 19.5 Å². The molecule has 1 heterocycles. The van der Waals surface area contributed by atoms with Gasteiger partial charge in [0.05, 0.1) is 14.2 Å². The van der Waals surface area contributed by atoms with Crippen LogP contribution in [0.25, 0.3) is 6.08 Å². The summed E-state index contributed by atoms with van der Waals surface area (Å²) in [7, 11) is 3.31. The van der Waals surface area contributed by atoms with Crippen LogP contribution in [0.4, 0.5) is 0 Å². The SMILES string of the molecule is COc1ccc(CCNCC2(C)C=Cc3cc(C)ccc3O2)cc1OC. The van der Waals surface area contributed by atoms with Gasteiger partial charge in [0.25, 0.3) is 0 Å². The van der Waals surface area contributed by atoms with E-state index >= 15 is 0 Å². The van der Waals surface area contributed by atoms with E-state index in [2.05, 4.69) is 55.6 Å². The molecule has 4 heteroatoms. The van der Waals surface area contributed by atoms with Crippen LogP contribution in [0, 0.1) is 6.92 Å². The molecule has 2 aromatic rings. The van der Waals surface area contributed by atoms with E-state index in [9.17, 15) is 0 Å². The highest BCUT2D eigenvalue weighted by molar-refractivity contribution is 5.61. The van der Waals surface area contributed by atoms with Crippen LogP contribution >= 0.6 is 0 Å². The van der Waals surface area contributed by atoms with E-state index < -0.39 is 0 Å². The first-order valence-corrected chi connectivity index (χ1v) is 8.93. The average Bonchev–Trinajstić information content (AvgIpc) is 2.65. The summed E-state index contributed by atoms with van der Waals surface area (Å²) in [4.78, 5) is 0. The molecule has 1 atom stereocenters. The van der Waals surface area contributed by atoms with E-state index in [0.29, 0.717) is 0 Å². The van der Waals surface area contributed by atoms with Gasteiger partial charge in [0.2, 0.25) is 0 Å². The second-order valence-corrected chi connectivity index (χ2v) is 6.91. The lowest BCUT2D eigenvalue weighted by Gasteiger charge is -2.32. The molecule has 1 N–H and O–H groups in total. The number of aryl methyl sites for hydroxylation is 1. The van der Waals surface area contributed by atoms with Gasteiger partial charge in [0, 0.05) is 12.1 Å². The quantitative estimate of drug-likeness (QED) is 0.764. The third-order valence-electron chi connectivity index (χ3n) is 4.64. The molecule has 3 rings (SSSR count). The zero-order valence-electron chi connectivity index (χ0n) is 16.0. The van der Waals surface area contributed by atoms with Crippen LogP contribution in [-0.4, -0.2) is 32.9 Å². The van der Waals surface area contributed by atoms with E-state index in [-0.39, 0.29) is 5.60 Å². The van der Waals surface area contributed by atoms with Crippen molar-refractivity contribution in [3.8, 4) is 17.2 Å². The second-order valence-electron chi connectivity index (χ2n) is 6.91. The maximum absolute atomic E-state index is 6.21. The summed E-state index contributed by atoms with van der Waals surface area (Å²) in [6, 6.07) is 12.3. The second kappa shape index (κ2) is 7.83. The molecule has 0 saturated heterocycles. The molecule has 1 aliphatic heterocycles. The average molecular weight is 353 g/mol. The predicted molar refractivity (Wildman–Crippen MR) is 105 cm³/mol. The van der Waals surface area contributed by atoms with Crippen molar-refractivity contribution in [1.29, 1.82) is 0 Å². The number of ether oxygens (including phenoxy) is 3. The van der Waals surface area contributed by atoms with Crippen molar-refractivity contribution >= 4 is 6.08 Å². The number of methoxy groups -OCH3 is 2. The van der Waals surface area contributed by atoms with E-state index in [1.165, 1.54) is 11.1 Å². The van der Waals surface area contributed by atoms with Crippen LogP contribution in [0.15, 0.2) is 42.5 Å². The first-order chi connectivity index (χ1) is 12.5. The topological polar surface area (TPSA) is 39.7 Å². The first kappa shape index (κ1) is 18.3. The minimum absolute atomic E-state index is 0.333. The van der Waals surface area contributed by atoms with Crippen LogP contribution in [0.2, 0.25) is 0 Å². The Bertz CT molecular complexity index is 800. The highest BCUT2D eigenvalue weighted by atomic mass is 16.5. The predicted octanol–water partition coefficient (Wildman–Crippen LogP) is 4.01. The van der Waals surface area contributed by atoms with Gasteiger partial charge >= 0.3 is 0 Å². The maximum Gasteiger partial charge on any atom is 0.160 e. The molecule has 2 aromatic carbocycles. The fourth-order valence-corrected chi connectivity index (χ4v) is 3.14. The summed E-state index contributed by atoms with van der Waals surface area (Å²) in [6.45, 7) is 5.82. The Morgan fingerprint density at radius 2 is 1.85 bits per heavy atom. The highest BCUT2D eigenvalue weighted by Gasteiger charge is 2.26. The molecule has 138 valence electrons. The van der Waals surface area contributed by atoms with Gasteiger partial charge in [-0.05, 0) is 62.7 Å². The molecular formula is C22H27NO3. The Morgan fingerprint density at radius 1 is 1.04 bits per heavy atom. The van der Waals surface area contributed by atoms with Crippen LogP contribution in [0.5, 0.6) is 17.2 Å². The van der Waals surface area contributed by atoms with Gasteiger partial charge in [-0.2, -0.15) is 0 Å². The Morgan fingerprint density at radius 3 is 2.62 bits per heavy atom. The van der Waals surface area contributed by atoms with Gasteiger partial charge in [0.15, 0.2) is 11.5 Å². The molecule has 0 radical (unpaired) electrons. The van der Waals surface area contributed by atoms with Crippen molar-refractivity contribution < 1.29 is 14.2 Å². The lowest BCUT2D eigenvalue weighted by Crippen LogP contribution is -2.43. The lowest BCUT2D eigenvalue weighted by molar-refractivity contribution is 0.136. The van der Waals surface area contributed by atoms with E-state index in [4.69, 9.17) is 14.2 Å². The summed E-state index contributed by atoms with van der Waals surface area (Å²) >= 11 is 0. The van der Waals surface area contributed by atoms with Crippen LogP contribution in [-0.2, 0) is 6.42 Å². The normalized spacial score (nSPS) is 18.2. The molecule has 0 spiro atoms. The molecule has 0 bridgehead atoms. The lowest BCUT2D eigenvalue weighted by atomic mass is 9.99. The molecule has 26 heavy (non-hydrogen) atoms. The van der Waals surface area contributed by atoms with Crippen LogP contribution in [0.3, 0.4) is 0 Å². The Hall–Kier alpha value is -2.46. The first-order valence-electron chi connectivity index (χ1n) is 8.93. The Balaban J connectivity index is 1.53. The van der Waals surface area contributed by atoms with E-state index in [1.807, 2.05) is 12.1 Å². The standard InChI is InChI=1S/C22H27NO3/c1-16-5-7-19-18(13-16)9-11-22(2,26-19)15-23-12-10-17-6-8-20(24-3)21(14-17)25-4/h5-9,11,13-14,23H,10,12,15H2,1-4H3. The monoisotopic (exact) mass is 353 g/mol. The van der Waals surface area contributed by atoms with E-state index in [1.54, 1.807) is 14.2 Å². The van der Waals surface area contributed by atoms with Gasteiger partial charge < -0.3 is 19.5 Å². The largest absolute Gasteiger partial charge is 0.493 e. The molecule has 1 aliphatic rings. The highest BCUT2D eigenvalue weighted by Crippen LogP contribution is 2.31. The Kier molecular flexibility index (Phi) is 5.52. The van der Waals surface area contributed by atoms with Crippen molar-refractivity contribution in [1.82, 2.24) is 5.32 Å². The van der Waals surface area contributed by atoms with Gasteiger partial charge in [0.1, 0.15) is 11.4 Å². The summed E-state index contributed by atoms with van der Waals surface area (Å²) in [5, 5.41) is 3.50. The molecule has 0 aromatic heterocycles. The number of fused-ring (bicyclic) bond motifs is 1. The van der Waals surface area contributed by atoms with Gasteiger partial charge in [-0.25, -0.2) is 0 Å². The number of benzene rings is 2. The summed E-state index contributed by atoms with van der Waals surface area (Å²) in [5.41, 5.74) is 3.27. The van der Waals surface area contributed by atoms with Gasteiger partial charge in [-0.1, -0.05) is 23.8 Å². The van der Waals surface area contributed by atoms with Crippen molar-refractivity contribution in [3.63, 3.8) is 0 Å². The zero-order chi connectivity index (χ0) is 18.6. The number of nitrogens with one attached hydrogen (secondary N) is 1. The van der Waals surface area contributed by atoms with Crippen molar-refractivity contribution in [3.05, 3.63) is 59.2 Å². The third kappa shape index (κ3) is 4.20. The minimum atomic E-state index is -0.333. The maximum atomic E-state index is 6.21. The van der Waals surface area contributed by atoms with Crippen molar-refractivity contribution in [2.24, 2.45) is 0 Å². The smallest absolute Gasteiger partial charge is 0.160 e. The molecule has 0 amide bonds. The number of rotatable bonds is 7. The fraction of sp³-hybridized carbons (Fsp3) is 0.364. The molecule has 0 saturated carbocycles. The molecule has 1 unspecified atom stereocenters. The van der Waals surface area contributed by atoms with Crippen molar-refractivity contribution in [2.75, 3.05) is 27.3 Å². The number of hydrogen-bond acceptors (Lipinski definition) is 4. The fourth-order valence-electron chi connectivity index (χ4n) is 3.14. The minimum Gasteiger partial charge on any atom is -0.493 e. The summed E-state index contributed by atoms with van der Waals surface area (Å²) in [6.07, 6.45) is 5.20. The third-order valence-corrected chi connectivity index (χ3v) is 4.64. The summed E-state index contributed by atoms with van der Waals surface area (Å²) < 4.78 is 16.8. The zero-order valence-corrected chi connectivity index (χ0v) is 16.0. The molecule has 4 nitrogen and oxygen atoms in total.